The topological polar surface area (TPSA) is 55.4 Å². The van der Waals surface area contributed by atoms with Gasteiger partial charge < -0.3 is 14.1 Å². The number of hydrogen-bond acceptors (Lipinski definition) is 2. The van der Waals surface area contributed by atoms with Gasteiger partial charge in [-0.05, 0) is 30.7 Å². The number of rotatable bonds is 2. The highest BCUT2D eigenvalue weighted by molar-refractivity contribution is 5.89. The summed E-state index contributed by atoms with van der Waals surface area (Å²) in [6.45, 7) is 1.99. The number of benzene rings is 1. The fraction of sp³-hybridized carbons (Fsp3) is 0.133. The number of hydrogen-bond donors (Lipinski definition) is 1. The van der Waals surface area contributed by atoms with Crippen LogP contribution < -0.4 is 0 Å². The number of carbonyl (C=O) groups is 1. The Morgan fingerprint density at radius 1 is 1.26 bits per heavy atom. The van der Waals surface area contributed by atoms with Gasteiger partial charge in [0.25, 0.3) is 0 Å². The lowest BCUT2D eigenvalue weighted by Gasteiger charge is -2.01. The average molecular weight is 255 g/mol. The quantitative estimate of drug-likeness (QED) is 0.763. The Kier molecular flexibility index (Phi) is 2.45. The first-order chi connectivity index (χ1) is 9.08. The van der Waals surface area contributed by atoms with Crippen molar-refractivity contribution in [2.24, 2.45) is 7.05 Å². The fourth-order valence-electron chi connectivity index (χ4n) is 2.31. The highest BCUT2D eigenvalue weighted by atomic mass is 16.4. The molecule has 4 nitrogen and oxygen atoms in total. The van der Waals surface area contributed by atoms with Gasteiger partial charge >= 0.3 is 5.97 Å². The van der Waals surface area contributed by atoms with Crippen LogP contribution >= 0.6 is 0 Å². The lowest BCUT2D eigenvalue weighted by atomic mass is 10.2. The van der Waals surface area contributed by atoms with E-state index in [0.29, 0.717) is 5.76 Å². The van der Waals surface area contributed by atoms with E-state index in [0.717, 1.165) is 22.2 Å². The molecule has 0 saturated heterocycles. The molecule has 0 amide bonds. The molecule has 1 aromatic carbocycles. The summed E-state index contributed by atoms with van der Waals surface area (Å²) < 4.78 is 7.47. The Bertz CT molecular complexity index is 780. The lowest BCUT2D eigenvalue weighted by molar-refractivity contribution is 0.0687. The Labute approximate surface area is 109 Å². The number of aromatic nitrogens is 1. The van der Waals surface area contributed by atoms with Crippen LogP contribution in [0.25, 0.3) is 22.4 Å². The molecule has 0 atom stereocenters. The molecule has 96 valence electrons. The minimum atomic E-state index is -0.943. The van der Waals surface area contributed by atoms with E-state index in [2.05, 4.69) is 0 Å². The van der Waals surface area contributed by atoms with Crippen molar-refractivity contribution in [2.45, 2.75) is 6.92 Å². The van der Waals surface area contributed by atoms with E-state index >= 15 is 0 Å². The highest BCUT2D eigenvalue weighted by Gasteiger charge is 2.15. The number of aryl methyl sites for hydroxylation is 1. The van der Waals surface area contributed by atoms with Crippen LogP contribution in [0, 0.1) is 6.92 Å². The van der Waals surface area contributed by atoms with Crippen LogP contribution in [0.3, 0.4) is 0 Å². The van der Waals surface area contributed by atoms with Crippen molar-refractivity contribution in [1.29, 1.82) is 0 Å². The monoisotopic (exact) mass is 255 g/mol. The first-order valence-corrected chi connectivity index (χ1v) is 5.96. The van der Waals surface area contributed by atoms with Gasteiger partial charge in [-0.25, -0.2) is 4.79 Å². The lowest BCUT2D eigenvalue weighted by Crippen LogP contribution is -2.04. The molecule has 3 aromatic rings. The molecule has 0 bridgehead atoms. The third-order valence-electron chi connectivity index (χ3n) is 3.33. The molecule has 0 spiro atoms. The maximum absolute atomic E-state index is 11.0. The van der Waals surface area contributed by atoms with E-state index < -0.39 is 5.97 Å². The van der Waals surface area contributed by atoms with Crippen molar-refractivity contribution in [3.8, 4) is 11.5 Å². The van der Waals surface area contributed by atoms with Gasteiger partial charge in [-0.1, -0.05) is 18.2 Å². The SMILES string of the molecule is Cc1cccc2cc(-c3ccc(C(=O)O)n3C)oc12. The second-order valence-corrected chi connectivity index (χ2v) is 4.57. The van der Waals surface area contributed by atoms with Crippen LogP contribution in [-0.4, -0.2) is 15.6 Å². The number of fused-ring (bicyclic) bond motifs is 1. The molecule has 3 rings (SSSR count). The number of para-hydroxylation sites is 1. The van der Waals surface area contributed by atoms with Gasteiger partial charge in [0.15, 0.2) is 5.76 Å². The van der Waals surface area contributed by atoms with Gasteiger partial charge in [0.05, 0.1) is 5.69 Å². The number of carboxylic acids is 1. The number of aromatic carboxylic acids is 1. The summed E-state index contributed by atoms with van der Waals surface area (Å²) in [5, 5.41) is 10.1. The van der Waals surface area contributed by atoms with E-state index in [1.165, 1.54) is 0 Å². The Balaban J connectivity index is 2.20. The third-order valence-corrected chi connectivity index (χ3v) is 3.33. The summed E-state index contributed by atoms with van der Waals surface area (Å²) in [7, 11) is 1.72. The number of nitrogens with zero attached hydrogens (tertiary/aromatic N) is 1. The van der Waals surface area contributed by atoms with Gasteiger partial charge in [-0.3, -0.25) is 0 Å². The summed E-state index contributed by atoms with van der Waals surface area (Å²) in [6.07, 6.45) is 0. The van der Waals surface area contributed by atoms with Crippen LogP contribution in [0.5, 0.6) is 0 Å². The van der Waals surface area contributed by atoms with Crippen molar-refractivity contribution in [3.05, 3.63) is 47.7 Å². The fourth-order valence-corrected chi connectivity index (χ4v) is 2.31. The second kappa shape index (κ2) is 4.02. The van der Waals surface area contributed by atoms with Gasteiger partial charge in [-0.15, -0.1) is 0 Å². The van der Waals surface area contributed by atoms with E-state index in [9.17, 15) is 4.79 Å². The maximum atomic E-state index is 11.0. The average Bonchev–Trinajstić information content (AvgIpc) is 2.93. The van der Waals surface area contributed by atoms with Crippen LogP contribution in [-0.2, 0) is 7.05 Å². The molecular formula is C15H13NO3. The molecule has 0 aliphatic heterocycles. The zero-order chi connectivity index (χ0) is 13.6. The largest absolute Gasteiger partial charge is 0.477 e. The van der Waals surface area contributed by atoms with Crippen molar-refractivity contribution in [2.75, 3.05) is 0 Å². The third kappa shape index (κ3) is 1.73. The molecule has 0 fully saturated rings. The van der Waals surface area contributed by atoms with E-state index in [4.69, 9.17) is 9.52 Å². The number of furan rings is 1. The summed E-state index contributed by atoms with van der Waals surface area (Å²) >= 11 is 0. The van der Waals surface area contributed by atoms with Crippen molar-refractivity contribution in [1.82, 2.24) is 4.57 Å². The van der Waals surface area contributed by atoms with Crippen molar-refractivity contribution >= 4 is 16.9 Å². The van der Waals surface area contributed by atoms with Crippen LogP contribution in [0.1, 0.15) is 16.1 Å². The minimum Gasteiger partial charge on any atom is -0.477 e. The van der Waals surface area contributed by atoms with E-state index in [1.54, 1.807) is 23.7 Å². The van der Waals surface area contributed by atoms with Gasteiger partial charge in [0.1, 0.15) is 11.3 Å². The van der Waals surface area contributed by atoms with Gasteiger partial charge in [-0.2, -0.15) is 0 Å². The Morgan fingerprint density at radius 3 is 2.68 bits per heavy atom. The van der Waals surface area contributed by atoms with Gasteiger partial charge in [0.2, 0.25) is 0 Å². The molecule has 2 heterocycles. The van der Waals surface area contributed by atoms with E-state index in [-0.39, 0.29) is 5.69 Å². The molecule has 0 unspecified atom stereocenters. The zero-order valence-corrected chi connectivity index (χ0v) is 10.7. The molecule has 19 heavy (non-hydrogen) atoms. The zero-order valence-electron chi connectivity index (χ0n) is 10.7. The molecule has 2 aromatic heterocycles. The minimum absolute atomic E-state index is 0.243. The van der Waals surface area contributed by atoms with Crippen molar-refractivity contribution in [3.63, 3.8) is 0 Å². The van der Waals surface area contributed by atoms with Crippen LogP contribution in [0.2, 0.25) is 0 Å². The van der Waals surface area contributed by atoms with Gasteiger partial charge in [0, 0.05) is 12.4 Å². The van der Waals surface area contributed by atoms with E-state index in [1.807, 2.05) is 31.2 Å². The second-order valence-electron chi connectivity index (χ2n) is 4.57. The molecule has 0 aliphatic carbocycles. The predicted molar refractivity (Wildman–Crippen MR) is 72.3 cm³/mol. The van der Waals surface area contributed by atoms with Crippen LogP contribution in [0.15, 0.2) is 40.8 Å². The number of carboxylic acid groups (broad SMARTS) is 1. The standard InChI is InChI=1S/C15H13NO3/c1-9-4-3-5-10-8-13(19-14(9)10)11-6-7-12(15(17)18)16(11)2/h3-8H,1-2H3,(H,17,18). The molecule has 4 heteroatoms. The summed E-state index contributed by atoms with van der Waals surface area (Å²) in [5.41, 5.74) is 2.91. The molecule has 0 radical (unpaired) electrons. The Morgan fingerprint density at radius 2 is 2.05 bits per heavy atom. The first-order valence-electron chi connectivity index (χ1n) is 5.96. The molecule has 0 aliphatic rings. The summed E-state index contributed by atoms with van der Waals surface area (Å²) in [4.78, 5) is 11.0. The first kappa shape index (κ1) is 11.6. The van der Waals surface area contributed by atoms with Crippen molar-refractivity contribution < 1.29 is 14.3 Å². The smallest absolute Gasteiger partial charge is 0.352 e. The normalized spacial score (nSPS) is 11.1. The summed E-state index contributed by atoms with van der Waals surface area (Å²) in [6, 6.07) is 11.2. The Hall–Kier alpha value is -2.49. The molecule has 1 N–H and O–H groups in total. The predicted octanol–water partition coefficient (Wildman–Crippen LogP) is 3.44. The van der Waals surface area contributed by atoms with Crippen LogP contribution in [0.4, 0.5) is 0 Å². The molecular weight excluding hydrogens is 242 g/mol. The highest BCUT2D eigenvalue weighted by Crippen LogP contribution is 2.30. The maximum Gasteiger partial charge on any atom is 0.352 e. The molecule has 0 saturated carbocycles. The summed E-state index contributed by atoms with van der Waals surface area (Å²) in [5.74, 6) is -0.264.